The fraction of sp³-hybridized carbons (Fsp3) is 0.750. The van der Waals surface area contributed by atoms with Crippen molar-refractivity contribution in [2.45, 2.75) is 59.2 Å². The summed E-state index contributed by atoms with van der Waals surface area (Å²) in [5.74, 6) is 0. The molecule has 0 aliphatic carbocycles. The Morgan fingerprint density at radius 1 is 1.32 bits per heavy atom. The summed E-state index contributed by atoms with van der Waals surface area (Å²) < 4.78 is 2.27. The quantitative estimate of drug-likeness (QED) is 0.656. The molecule has 0 spiro atoms. The molecule has 0 aliphatic rings. The Morgan fingerprint density at radius 3 is 2.79 bits per heavy atom. The maximum absolute atomic E-state index is 3.53. The zero-order valence-electron chi connectivity index (χ0n) is 13.2. The summed E-state index contributed by atoms with van der Waals surface area (Å²) in [7, 11) is 2.20. The van der Waals surface area contributed by atoms with Crippen LogP contribution in [0.5, 0.6) is 0 Å². The zero-order chi connectivity index (χ0) is 14.1. The Kier molecular flexibility index (Phi) is 7.84. The zero-order valence-corrected chi connectivity index (χ0v) is 13.2. The first-order valence-electron chi connectivity index (χ1n) is 7.69. The van der Waals surface area contributed by atoms with Crippen molar-refractivity contribution in [3.8, 4) is 0 Å². The van der Waals surface area contributed by atoms with E-state index in [0.29, 0.717) is 6.04 Å². The van der Waals surface area contributed by atoms with Crippen molar-refractivity contribution in [3.05, 3.63) is 24.0 Å². The van der Waals surface area contributed by atoms with Crippen molar-refractivity contribution in [3.63, 3.8) is 0 Å². The first-order valence-corrected chi connectivity index (χ1v) is 7.69. The van der Waals surface area contributed by atoms with Gasteiger partial charge < -0.3 is 14.8 Å². The van der Waals surface area contributed by atoms with Crippen LogP contribution in [0, 0.1) is 0 Å². The Hall–Kier alpha value is -0.800. The maximum Gasteiger partial charge on any atom is 0.0220 e. The van der Waals surface area contributed by atoms with Gasteiger partial charge in [-0.3, -0.25) is 0 Å². The lowest BCUT2D eigenvalue weighted by molar-refractivity contribution is 0.268. The van der Waals surface area contributed by atoms with Crippen LogP contribution in [0.15, 0.2) is 18.5 Å². The molecule has 0 aliphatic heterocycles. The molecule has 3 nitrogen and oxygen atoms in total. The van der Waals surface area contributed by atoms with Crippen LogP contribution < -0.4 is 5.32 Å². The van der Waals surface area contributed by atoms with Gasteiger partial charge >= 0.3 is 0 Å². The third-order valence-electron chi connectivity index (χ3n) is 3.62. The number of aromatic nitrogens is 1. The van der Waals surface area contributed by atoms with Gasteiger partial charge in [0, 0.05) is 31.5 Å². The van der Waals surface area contributed by atoms with E-state index in [1.807, 2.05) is 0 Å². The van der Waals surface area contributed by atoms with Crippen LogP contribution in [0.3, 0.4) is 0 Å². The fourth-order valence-corrected chi connectivity index (χ4v) is 2.09. The van der Waals surface area contributed by atoms with Gasteiger partial charge in [-0.25, -0.2) is 0 Å². The summed E-state index contributed by atoms with van der Waals surface area (Å²) >= 11 is 0. The van der Waals surface area contributed by atoms with Gasteiger partial charge in [0.05, 0.1) is 0 Å². The van der Waals surface area contributed by atoms with E-state index in [1.165, 1.54) is 31.4 Å². The highest BCUT2D eigenvalue weighted by molar-refractivity contribution is 5.09. The molecule has 0 saturated heterocycles. The summed E-state index contributed by atoms with van der Waals surface area (Å²) in [6.45, 7) is 11.2. The number of hydrogen-bond donors (Lipinski definition) is 1. The smallest absolute Gasteiger partial charge is 0.0220 e. The number of aryl methyl sites for hydroxylation is 1. The van der Waals surface area contributed by atoms with E-state index in [0.717, 1.165) is 19.6 Å². The topological polar surface area (TPSA) is 20.2 Å². The predicted molar refractivity (Wildman–Crippen MR) is 83.4 cm³/mol. The second-order valence-electron chi connectivity index (χ2n) is 5.72. The van der Waals surface area contributed by atoms with Crippen LogP contribution in [0.2, 0.25) is 0 Å². The van der Waals surface area contributed by atoms with Crippen LogP contribution in [0.25, 0.3) is 0 Å². The minimum atomic E-state index is 0.659. The number of rotatable bonds is 10. The van der Waals surface area contributed by atoms with Crippen molar-refractivity contribution in [1.82, 2.24) is 14.8 Å². The number of hydrogen-bond acceptors (Lipinski definition) is 2. The largest absolute Gasteiger partial charge is 0.354 e. The fourth-order valence-electron chi connectivity index (χ4n) is 2.09. The molecule has 0 fully saturated rings. The molecule has 0 amide bonds. The summed E-state index contributed by atoms with van der Waals surface area (Å²) in [6.07, 6.45) is 8.16. The van der Waals surface area contributed by atoms with Crippen molar-refractivity contribution >= 4 is 0 Å². The highest BCUT2D eigenvalue weighted by Crippen LogP contribution is 2.02. The Balaban J connectivity index is 2.04. The molecule has 19 heavy (non-hydrogen) atoms. The van der Waals surface area contributed by atoms with Gasteiger partial charge in [-0.05, 0) is 64.9 Å². The van der Waals surface area contributed by atoms with Gasteiger partial charge in [0.25, 0.3) is 0 Å². The molecule has 1 aromatic rings. The Morgan fingerprint density at radius 2 is 2.11 bits per heavy atom. The molecule has 1 heterocycles. The predicted octanol–water partition coefficient (Wildman–Crippen LogP) is 3.11. The maximum atomic E-state index is 3.53. The van der Waals surface area contributed by atoms with E-state index in [1.54, 1.807) is 0 Å². The molecule has 1 N–H and O–H groups in total. The molecule has 0 saturated carbocycles. The lowest BCUT2D eigenvalue weighted by atomic mass is 10.2. The van der Waals surface area contributed by atoms with Crippen molar-refractivity contribution in [2.75, 3.05) is 20.1 Å². The van der Waals surface area contributed by atoms with E-state index in [-0.39, 0.29) is 0 Å². The third-order valence-corrected chi connectivity index (χ3v) is 3.62. The normalized spacial score (nSPS) is 11.7. The lowest BCUT2D eigenvalue weighted by Crippen LogP contribution is -2.27. The molecule has 0 radical (unpaired) electrons. The minimum Gasteiger partial charge on any atom is -0.354 e. The second-order valence-corrected chi connectivity index (χ2v) is 5.72. The summed E-state index contributed by atoms with van der Waals surface area (Å²) in [5, 5.41) is 3.53. The third kappa shape index (κ3) is 6.79. The number of nitrogens with zero attached hydrogens (tertiary/aromatic N) is 2. The van der Waals surface area contributed by atoms with Crippen LogP contribution in [0.1, 0.15) is 45.6 Å². The first-order chi connectivity index (χ1) is 9.13. The molecule has 1 aromatic heterocycles. The molecular formula is C16H31N3. The summed E-state index contributed by atoms with van der Waals surface area (Å²) in [5.41, 5.74) is 1.40. The number of unbranched alkanes of at least 4 members (excludes halogenated alkanes) is 1. The van der Waals surface area contributed by atoms with Crippen LogP contribution in [-0.2, 0) is 13.1 Å². The van der Waals surface area contributed by atoms with Gasteiger partial charge in [0.15, 0.2) is 0 Å². The van der Waals surface area contributed by atoms with Gasteiger partial charge in [-0.2, -0.15) is 0 Å². The first kappa shape index (κ1) is 16.3. The highest BCUT2D eigenvalue weighted by Gasteiger charge is 2.01. The lowest BCUT2D eigenvalue weighted by Gasteiger charge is -2.20. The minimum absolute atomic E-state index is 0.659. The van der Waals surface area contributed by atoms with E-state index < -0.39 is 0 Å². The van der Waals surface area contributed by atoms with Gasteiger partial charge in [0.1, 0.15) is 0 Å². The number of nitrogens with one attached hydrogen (secondary N) is 1. The molecule has 3 heteroatoms. The van der Waals surface area contributed by atoms with E-state index in [9.17, 15) is 0 Å². The SMILES string of the molecule is CCCn1ccc(CNCCCCN(C)C(C)C)c1. The molecule has 0 aromatic carbocycles. The standard InChI is InChI=1S/C16H31N3/c1-5-10-19-12-8-16(14-19)13-17-9-6-7-11-18(4)15(2)3/h8,12,14-15,17H,5-7,9-11,13H2,1-4H3. The molecule has 110 valence electrons. The van der Waals surface area contributed by atoms with Crippen LogP contribution in [0.4, 0.5) is 0 Å². The van der Waals surface area contributed by atoms with Crippen LogP contribution >= 0.6 is 0 Å². The van der Waals surface area contributed by atoms with E-state index >= 15 is 0 Å². The summed E-state index contributed by atoms with van der Waals surface area (Å²) in [6, 6.07) is 2.88. The van der Waals surface area contributed by atoms with E-state index in [4.69, 9.17) is 0 Å². The Labute approximate surface area is 119 Å². The van der Waals surface area contributed by atoms with Crippen molar-refractivity contribution < 1.29 is 0 Å². The van der Waals surface area contributed by atoms with Crippen molar-refractivity contribution in [2.24, 2.45) is 0 Å². The summed E-state index contributed by atoms with van der Waals surface area (Å²) in [4.78, 5) is 2.41. The molecule has 0 unspecified atom stereocenters. The molecule has 0 atom stereocenters. The van der Waals surface area contributed by atoms with Gasteiger partial charge in [-0.15, -0.1) is 0 Å². The molecule has 0 bridgehead atoms. The highest BCUT2D eigenvalue weighted by atomic mass is 15.1. The average Bonchev–Trinajstić information content (AvgIpc) is 2.81. The van der Waals surface area contributed by atoms with E-state index in [2.05, 4.69) is 61.1 Å². The monoisotopic (exact) mass is 265 g/mol. The molecular weight excluding hydrogens is 234 g/mol. The van der Waals surface area contributed by atoms with Crippen molar-refractivity contribution in [1.29, 1.82) is 0 Å². The second kappa shape index (κ2) is 9.16. The van der Waals surface area contributed by atoms with Crippen LogP contribution in [-0.4, -0.2) is 35.6 Å². The van der Waals surface area contributed by atoms with Gasteiger partial charge in [0.2, 0.25) is 0 Å². The molecule has 1 rings (SSSR count). The average molecular weight is 265 g/mol. The van der Waals surface area contributed by atoms with Gasteiger partial charge in [-0.1, -0.05) is 6.92 Å². The Bertz CT molecular complexity index is 330.